The highest BCUT2D eigenvalue weighted by molar-refractivity contribution is 6.30. The van der Waals surface area contributed by atoms with Crippen molar-refractivity contribution < 1.29 is 9.53 Å². The minimum atomic E-state index is 0.00759. The molecule has 1 aliphatic heterocycles. The van der Waals surface area contributed by atoms with E-state index in [-0.39, 0.29) is 12.5 Å². The number of aryl methyl sites for hydroxylation is 3. The van der Waals surface area contributed by atoms with Crippen molar-refractivity contribution in [3.63, 3.8) is 0 Å². The number of hydrogen-bond acceptors (Lipinski definition) is 5. The lowest BCUT2D eigenvalue weighted by molar-refractivity contribution is -0.133. The van der Waals surface area contributed by atoms with Crippen molar-refractivity contribution in [1.82, 2.24) is 15.1 Å². The Morgan fingerprint density at radius 3 is 2.19 bits per heavy atom. The molecule has 1 amide bonds. The van der Waals surface area contributed by atoms with E-state index in [0.29, 0.717) is 31.2 Å². The third-order valence-corrected chi connectivity index (χ3v) is 5.94. The molecule has 3 aromatic rings. The first-order chi connectivity index (χ1) is 15.4. The van der Waals surface area contributed by atoms with Gasteiger partial charge in [0.05, 0.1) is 5.69 Å². The van der Waals surface area contributed by atoms with Gasteiger partial charge in [0.15, 0.2) is 12.4 Å². The van der Waals surface area contributed by atoms with Crippen molar-refractivity contribution in [2.75, 3.05) is 37.7 Å². The molecule has 1 fully saturated rings. The van der Waals surface area contributed by atoms with Crippen LogP contribution in [0.25, 0.3) is 11.3 Å². The highest BCUT2D eigenvalue weighted by Crippen LogP contribution is 2.25. The van der Waals surface area contributed by atoms with E-state index in [1.807, 2.05) is 55.1 Å². The zero-order valence-electron chi connectivity index (χ0n) is 18.6. The van der Waals surface area contributed by atoms with Crippen LogP contribution in [0.2, 0.25) is 5.02 Å². The van der Waals surface area contributed by atoms with Crippen LogP contribution < -0.4 is 9.64 Å². The summed E-state index contributed by atoms with van der Waals surface area (Å²) in [6, 6.07) is 15.6. The molecule has 0 spiro atoms. The number of benzene rings is 2. The van der Waals surface area contributed by atoms with Crippen LogP contribution in [0.15, 0.2) is 48.5 Å². The van der Waals surface area contributed by atoms with Gasteiger partial charge >= 0.3 is 0 Å². The Morgan fingerprint density at radius 2 is 1.59 bits per heavy atom. The Kier molecular flexibility index (Phi) is 6.61. The fourth-order valence-electron chi connectivity index (χ4n) is 4.07. The first-order valence-electron chi connectivity index (χ1n) is 10.7. The van der Waals surface area contributed by atoms with Gasteiger partial charge in [-0.05, 0) is 56.2 Å². The minimum absolute atomic E-state index is 0.00759. The van der Waals surface area contributed by atoms with Gasteiger partial charge in [-0.1, -0.05) is 41.4 Å². The summed E-state index contributed by atoms with van der Waals surface area (Å²) >= 11 is 5.95. The molecule has 0 bridgehead atoms. The maximum Gasteiger partial charge on any atom is 0.260 e. The topological polar surface area (TPSA) is 58.6 Å². The molecule has 6 nitrogen and oxygen atoms in total. The summed E-state index contributed by atoms with van der Waals surface area (Å²) in [6.45, 7) is 8.83. The number of ether oxygens (including phenoxy) is 1. The van der Waals surface area contributed by atoms with Crippen LogP contribution >= 0.6 is 11.6 Å². The molecule has 1 aliphatic rings. The van der Waals surface area contributed by atoms with Crippen LogP contribution in [0, 0.1) is 20.8 Å². The first kappa shape index (κ1) is 22.1. The van der Waals surface area contributed by atoms with E-state index >= 15 is 0 Å². The average molecular weight is 451 g/mol. The molecule has 0 radical (unpaired) electrons. The second-order valence-electron chi connectivity index (χ2n) is 8.17. The third-order valence-electron chi connectivity index (χ3n) is 5.69. The molecule has 0 unspecified atom stereocenters. The van der Waals surface area contributed by atoms with Gasteiger partial charge in [0.25, 0.3) is 5.91 Å². The number of rotatable bonds is 5. The molecule has 2 heterocycles. The summed E-state index contributed by atoms with van der Waals surface area (Å²) in [5, 5.41) is 9.44. The number of carbonyl (C=O) groups excluding carboxylic acids is 1. The quantitative estimate of drug-likeness (QED) is 0.574. The normalized spacial score (nSPS) is 13.9. The summed E-state index contributed by atoms with van der Waals surface area (Å²) in [5.74, 6) is 1.63. The molecule has 1 aromatic heterocycles. The predicted octanol–water partition coefficient (Wildman–Crippen LogP) is 4.45. The highest BCUT2D eigenvalue weighted by atomic mass is 35.5. The minimum Gasteiger partial charge on any atom is -0.483 e. The van der Waals surface area contributed by atoms with Crippen LogP contribution in [0.3, 0.4) is 0 Å². The summed E-state index contributed by atoms with van der Waals surface area (Å²) in [4.78, 5) is 16.7. The van der Waals surface area contributed by atoms with E-state index in [2.05, 4.69) is 34.2 Å². The van der Waals surface area contributed by atoms with Crippen LogP contribution in [0.5, 0.6) is 5.75 Å². The largest absolute Gasteiger partial charge is 0.483 e. The lowest BCUT2D eigenvalue weighted by Crippen LogP contribution is -2.50. The Morgan fingerprint density at radius 1 is 0.938 bits per heavy atom. The second-order valence-corrected chi connectivity index (χ2v) is 8.60. The van der Waals surface area contributed by atoms with Gasteiger partial charge in [0.2, 0.25) is 0 Å². The summed E-state index contributed by atoms with van der Waals surface area (Å²) < 4.78 is 5.88. The van der Waals surface area contributed by atoms with Gasteiger partial charge < -0.3 is 14.5 Å². The van der Waals surface area contributed by atoms with Crippen molar-refractivity contribution in [3.8, 4) is 17.0 Å². The van der Waals surface area contributed by atoms with E-state index in [1.165, 1.54) is 5.56 Å². The third kappa shape index (κ3) is 5.02. The van der Waals surface area contributed by atoms with Crippen molar-refractivity contribution in [2.45, 2.75) is 20.8 Å². The van der Waals surface area contributed by atoms with Gasteiger partial charge in [0, 0.05) is 36.8 Å². The lowest BCUT2D eigenvalue weighted by Gasteiger charge is -2.35. The molecule has 7 heteroatoms. The Bertz CT molecular complexity index is 1070. The number of halogens is 1. The van der Waals surface area contributed by atoms with Gasteiger partial charge in [-0.15, -0.1) is 10.2 Å². The number of nitrogens with zero attached hydrogens (tertiary/aromatic N) is 4. The van der Waals surface area contributed by atoms with Gasteiger partial charge in [0.1, 0.15) is 5.75 Å². The van der Waals surface area contributed by atoms with E-state index in [0.717, 1.165) is 34.0 Å². The fourth-order valence-corrected chi connectivity index (χ4v) is 4.20. The van der Waals surface area contributed by atoms with Crippen LogP contribution in [0.4, 0.5) is 5.82 Å². The molecule has 166 valence electrons. The zero-order valence-corrected chi connectivity index (χ0v) is 19.4. The van der Waals surface area contributed by atoms with Gasteiger partial charge in [-0.3, -0.25) is 4.79 Å². The standard InChI is InChI=1S/C25H27ClN4O2/c1-17-14-18(2)25(19(3)15-17)32-16-24(31)30-12-10-29(11-13-30)23-9-8-22(27-28-23)20-4-6-21(26)7-5-20/h4-9,14-15H,10-13,16H2,1-3H3. The molecular weight excluding hydrogens is 424 g/mol. The lowest BCUT2D eigenvalue weighted by atomic mass is 10.1. The Balaban J connectivity index is 1.31. The predicted molar refractivity (Wildman–Crippen MR) is 127 cm³/mol. The fraction of sp³-hybridized carbons (Fsp3) is 0.320. The molecule has 2 aromatic carbocycles. The molecule has 0 aliphatic carbocycles. The summed E-state index contributed by atoms with van der Waals surface area (Å²) in [5.41, 5.74) is 5.08. The molecule has 1 saturated heterocycles. The summed E-state index contributed by atoms with van der Waals surface area (Å²) in [7, 11) is 0. The smallest absolute Gasteiger partial charge is 0.260 e. The number of anilines is 1. The Labute approximate surface area is 193 Å². The molecule has 0 saturated carbocycles. The number of hydrogen-bond donors (Lipinski definition) is 0. The maximum atomic E-state index is 12.7. The summed E-state index contributed by atoms with van der Waals surface area (Å²) in [6.07, 6.45) is 0. The van der Waals surface area contributed by atoms with Crippen LogP contribution in [-0.2, 0) is 4.79 Å². The number of carbonyl (C=O) groups is 1. The average Bonchev–Trinajstić information content (AvgIpc) is 2.79. The van der Waals surface area contributed by atoms with E-state index in [4.69, 9.17) is 16.3 Å². The molecule has 0 N–H and O–H groups in total. The number of amides is 1. The Hall–Kier alpha value is -3.12. The number of piperazine rings is 1. The maximum absolute atomic E-state index is 12.7. The van der Waals surface area contributed by atoms with E-state index in [9.17, 15) is 4.79 Å². The van der Waals surface area contributed by atoms with Crippen LogP contribution in [-0.4, -0.2) is 53.8 Å². The van der Waals surface area contributed by atoms with E-state index in [1.54, 1.807) is 0 Å². The van der Waals surface area contributed by atoms with Crippen LogP contribution in [0.1, 0.15) is 16.7 Å². The van der Waals surface area contributed by atoms with E-state index < -0.39 is 0 Å². The SMILES string of the molecule is Cc1cc(C)c(OCC(=O)N2CCN(c3ccc(-c4ccc(Cl)cc4)nn3)CC2)c(C)c1. The van der Waals surface area contributed by atoms with Crippen molar-refractivity contribution in [1.29, 1.82) is 0 Å². The first-order valence-corrected chi connectivity index (χ1v) is 11.1. The molecular formula is C25H27ClN4O2. The highest BCUT2D eigenvalue weighted by Gasteiger charge is 2.23. The van der Waals surface area contributed by atoms with Gasteiger partial charge in [-0.2, -0.15) is 0 Å². The molecule has 4 rings (SSSR count). The van der Waals surface area contributed by atoms with Crippen molar-refractivity contribution in [3.05, 3.63) is 70.2 Å². The van der Waals surface area contributed by atoms with Crippen molar-refractivity contribution in [2.24, 2.45) is 0 Å². The second kappa shape index (κ2) is 9.57. The van der Waals surface area contributed by atoms with Gasteiger partial charge in [-0.25, -0.2) is 0 Å². The monoisotopic (exact) mass is 450 g/mol. The number of aromatic nitrogens is 2. The zero-order chi connectivity index (χ0) is 22.7. The molecule has 32 heavy (non-hydrogen) atoms. The molecule has 0 atom stereocenters. The van der Waals surface area contributed by atoms with Crippen molar-refractivity contribution >= 4 is 23.3 Å².